The van der Waals surface area contributed by atoms with Gasteiger partial charge in [-0.15, -0.1) is 23.1 Å². The van der Waals surface area contributed by atoms with Gasteiger partial charge in [-0.2, -0.15) is 0 Å². The van der Waals surface area contributed by atoms with Gasteiger partial charge in [-0.25, -0.2) is 4.98 Å². The molecule has 1 saturated carbocycles. The highest BCUT2D eigenvalue weighted by Gasteiger charge is 2.49. The highest BCUT2D eigenvalue weighted by Crippen LogP contribution is 2.57. The van der Waals surface area contributed by atoms with E-state index in [1.165, 1.54) is 15.3 Å². The molecular formula is C20H17Cl2NS2. The number of aryl methyl sites for hydroxylation is 1. The lowest BCUT2D eigenvalue weighted by Gasteiger charge is -2.14. The van der Waals surface area contributed by atoms with E-state index in [9.17, 15) is 0 Å². The second-order valence-corrected chi connectivity index (χ2v) is 9.29. The van der Waals surface area contributed by atoms with Gasteiger partial charge in [-0.1, -0.05) is 41.4 Å². The summed E-state index contributed by atoms with van der Waals surface area (Å²) in [5.74, 6) is 0. The summed E-state index contributed by atoms with van der Waals surface area (Å²) in [5, 5.41) is 2.58. The molecule has 0 atom stereocenters. The van der Waals surface area contributed by atoms with E-state index >= 15 is 0 Å². The summed E-state index contributed by atoms with van der Waals surface area (Å²) in [4.78, 5) is 7.55. The van der Waals surface area contributed by atoms with Crippen LogP contribution in [0.4, 0.5) is 0 Å². The van der Waals surface area contributed by atoms with Crippen molar-refractivity contribution in [2.75, 3.05) is 6.26 Å². The van der Waals surface area contributed by atoms with Crippen LogP contribution in [0, 0.1) is 6.92 Å². The molecule has 5 heteroatoms. The van der Waals surface area contributed by atoms with Crippen molar-refractivity contribution in [2.45, 2.75) is 30.1 Å². The Balaban J connectivity index is 1.74. The van der Waals surface area contributed by atoms with Crippen LogP contribution in [0.2, 0.25) is 10.0 Å². The monoisotopic (exact) mass is 405 g/mol. The molecule has 3 aromatic rings. The van der Waals surface area contributed by atoms with E-state index in [2.05, 4.69) is 43.5 Å². The first-order valence-electron chi connectivity index (χ1n) is 8.11. The van der Waals surface area contributed by atoms with Crippen molar-refractivity contribution in [2.24, 2.45) is 0 Å². The van der Waals surface area contributed by atoms with Gasteiger partial charge in [0.15, 0.2) is 0 Å². The smallest absolute Gasteiger partial charge is 0.104 e. The molecule has 25 heavy (non-hydrogen) atoms. The standard InChI is InChI=1S/C20H17Cl2NS2/c1-12-18(13-3-6-15(24-2)7-4-13)23-19(25-12)20(9-10-20)16-8-5-14(21)11-17(16)22/h3-8,11H,9-10H2,1-2H3. The lowest BCUT2D eigenvalue weighted by atomic mass is 9.96. The number of rotatable bonds is 4. The molecule has 0 amide bonds. The zero-order chi connectivity index (χ0) is 17.6. The van der Waals surface area contributed by atoms with E-state index in [1.807, 2.05) is 12.1 Å². The van der Waals surface area contributed by atoms with E-state index < -0.39 is 0 Å². The summed E-state index contributed by atoms with van der Waals surface area (Å²) in [6, 6.07) is 14.4. The number of thioether (sulfide) groups is 1. The third-order valence-corrected chi connectivity index (χ3v) is 7.23. The minimum absolute atomic E-state index is 0.0332. The van der Waals surface area contributed by atoms with Crippen molar-refractivity contribution in [3.8, 4) is 11.3 Å². The van der Waals surface area contributed by atoms with Crippen LogP contribution in [0.5, 0.6) is 0 Å². The van der Waals surface area contributed by atoms with Crippen molar-refractivity contribution in [1.29, 1.82) is 0 Å². The molecule has 4 rings (SSSR count). The summed E-state index contributed by atoms with van der Waals surface area (Å²) in [5.41, 5.74) is 3.38. The fourth-order valence-electron chi connectivity index (χ4n) is 3.22. The Morgan fingerprint density at radius 1 is 1.08 bits per heavy atom. The normalized spacial score (nSPS) is 15.4. The molecule has 0 bridgehead atoms. The molecular weight excluding hydrogens is 389 g/mol. The zero-order valence-corrected chi connectivity index (χ0v) is 17.1. The summed E-state index contributed by atoms with van der Waals surface area (Å²) >= 11 is 16.1. The first-order valence-corrected chi connectivity index (χ1v) is 10.9. The van der Waals surface area contributed by atoms with Gasteiger partial charge in [0.2, 0.25) is 0 Å². The van der Waals surface area contributed by atoms with Crippen LogP contribution in [-0.2, 0) is 5.41 Å². The predicted molar refractivity (Wildman–Crippen MR) is 111 cm³/mol. The molecule has 0 saturated heterocycles. The second-order valence-electron chi connectivity index (χ2n) is 6.36. The number of benzene rings is 2. The molecule has 1 aliphatic rings. The lowest BCUT2D eigenvalue weighted by molar-refractivity contribution is 0.834. The Labute approximate surface area is 166 Å². The molecule has 1 heterocycles. The van der Waals surface area contributed by atoms with E-state index in [0.29, 0.717) is 5.02 Å². The van der Waals surface area contributed by atoms with Crippen LogP contribution >= 0.6 is 46.3 Å². The van der Waals surface area contributed by atoms with E-state index in [0.717, 1.165) is 34.1 Å². The molecule has 0 unspecified atom stereocenters. The SMILES string of the molecule is CSc1ccc(-c2nc(C3(c4ccc(Cl)cc4Cl)CC3)sc2C)cc1. The summed E-state index contributed by atoms with van der Waals surface area (Å²) in [7, 11) is 0. The number of hydrogen-bond donors (Lipinski definition) is 0. The highest BCUT2D eigenvalue weighted by atomic mass is 35.5. The maximum atomic E-state index is 6.49. The number of nitrogens with zero attached hydrogens (tertiary/aromatic N) is 1. The topological polar surface area (TPSA) is 12.9 Å². The molecule has 1 fully saturated rings. The third-order valence-electron chi connectivity index (χ3n) is 4.77. The highest BCUT2D eigenvalue weighted by molar-refractivity contribution is 7.98. The molecule has 0 N–H and O–H groups in total. The predicted octanol–water partition coefficient (Wildman–Crippen LogP) is 7.23. The van der Waals surface area contributed by atoms with Crippen molar-refractivity contribution in [3.05, 3.63) is 68.0 Å². The van der Waals surface area contributed by atoms with Gasteiger partial charge < -0.3 is 0 Å². The molecule has 0 spiro atoms. The van der Waals surface area contributed by atoms with Crippen LogP contribution in [0.3, 0.4) is 0 Å². The maximum Gasteiger partial charge on any atom is 0.104 e. The number of aromatic nitrogens is 1. The first-order chi connectivity index (χ1) is 12.0. The van der Waals surface area contributed by atoms with Crippen molar-refractivity contribution >= 4 is 46.3 Å². The summed E-state index contributed by atoms with van der Waals surface area (Å²) < 4.78 is 0. The van der Waals surface area contributed by atoms with Gasteiger partial charge in [-0.3, -0.25) is 0 Å². The molecule has 1 aromatic heterocycles. The number of hydrogen-bond acceptors (Lipinski definition) is 3. The molecule has 2 aromatic carbocycles. The Morgan fingerprint density at radius 2 is 1.80 bits per heavy atom. The first kappa shape index (κ1) is 17.4. The minimum Gasteiger partial charge on any atom is -0.240 e. The summed E-state index contributed by atoms with van der Waals surface area (Å²) in [6.07, 6.45) is 4.27. The number of halogens is 2. The van der Waals surface area contributed by atoms with Crippen LogP contribution < -0.4 is 0 Å². The minimum atomic E-state index is -0.0332. The Hall–Kier alpha value is -1.000. The molecule has 0 radical (unpaired) electrons. The zero-order valence-electron chi connectivity index (χ0n) is 14.0. The van der Waals surface area contributed by atoms with E-state index in [4.69, 9.17) is 28.2 Å². The molecule has 1 nitrogen and oxygen atoms in total. The van der Waals surface area contributed by atoms with Gasteiger partial charge in [0.1, 0.15) is 5.01 Å². The van der Waals surface area contributed by atoms with Crippen LogP contribution in [0.15, 0.2) is 47.4 Å². The van der Waals surface area contributed by atoms with E-state index in [-0.39, 0.29) is 5.41 Å². The number of thiazole rings is 1. The van der Waals surface area contributed by atoms with Crippen LogP contribution in [-0.4, -0.2) is 11.2 Å². The van der Waals surface area contributed by atoms with Crippen LogP contribution in [0.1, 0.15) is 28.3 Å². The average molecular weight is 406 g/mol. The fourth-order valence-corrected chi connectivity index (χ4v) is 5.41. The average Bonchev–Trinajstić information content (AvgIpc) is 3.31. The Bertz CT molecular complexity index is 927. The van der Waals surface area contributed by atoms with Gasteiger partial charge in [-0.05, 0) is 55.9 Å². The molecule has 1 aliphatic carbocycles. The summed E-state index contributed by atoms with van der Waals surface area (Å²) in [6.45, 7) is 2.15. The van der Waals surface area contributed by atoms with Crippen molar-refractivity contribution in [1.82, 2.24) is 4.98 Å². The lowest BCUT2D eigenvalue weighted by Crippen LogP contribution is -2.09. The van der Waals surface area contributed by atoms with Crippen LogP contribution in [0.25, 0.3) is 11.3 Å². The van der Waals surface area contributed by atoms with E-state index in [1.54, 1.807) is 23.1 Å². The van der Waals surface area contributed by atoms with Gasteiger partial charge in [0, 0.05) is 30.8 Å². The van der Waals surface area contributed by atoms with Gasteiger partial charge >= 0.3 is 0 Å². The van der Waals surface area contributed by atoms with Crippen molar-refractivity contribution < 1.29 is 0 Å². The largest absolute Gasteiger partial charge is 0.240 e. The molecule has 0 aliphatic heterocycles. The Morgan fingerprint density at radius 3 is 2.40 bits per heavy atom. The quantitative estimate of drug-likeness (QED) is 0.424. The third kappa shape index (κ3) is 3.12. The van der Waals surface area contributed by atoms with Crippen molar-refractivity contribution in [3.63, 3.8) is 0 Å². The Kier molecular flexibility index (Phi) is 4.61. The fraction of sp³-hybridized carbons (Fsp3) is 0.250. The second kappa shape index (κ2) is 6.62. The van der Waals surface area contributed by atoms with Gasteiger partial charge in [0.05, 0.1) is 5.69 Å². The maximum absolute atomic E-state index is 6.49. The van der Waals surface area contributed by atoms with Gasteiger partial charge in [0.25, 0.3) is 0 Å². The molecule has 128 valence electrons.